The third-order valence-corrected chi connectivity index (χ3v) is 7.94. The Morgan fingerprint density at radius 3 is 2.46 bits per heavy atom. The lowest BCUT2D eigenvalue weighted by Crippen LogP contribution is -2.48. The van der Waals surface area contributed by atoms with Crippen LogP contribution in [0.1, 0.15) is 90.4 Å². The van der Waals surface area contributed by atoms with Crippen LogP contribution in [0.3, 0.4) is 0 Å². The van der Waals surface area contributed by atoms with E-state index in [4.69, 9.17) is 4.42 Å². The minimum Gasteiger partial charge on any atom is -0.415 e. The molecule has 4 aliphatic carbocycles. The number of rotatable bonds is 10. The number of nitrogens with zero attached hydrogens (tertiary/aromatic N) is 2. The Morgan fingerprint density at radius 1 is 1.14 bits per heavy atom. The first-order chi connectivity index (χ1) is 13.6. The highest BCUT2D eigenvalue weighted by Crippen LogP contribution is 2.60. The molecule has 0 unspecified atom stereocenters. The van der Waals surface area contributed by atoms with E-state index < -0.39 is 0 Å². The fraction of sp³-hybridized carbons (Fsp3) is 0.864. The lowest BCUT2D eigenvalue weighted by molar-refractivity contribution is -0.119. The minimum absolute atomic E-state index is 0.0579. The molecule has 1 atom stereocenters. The molecule has 4 saturated carbocycles. The fourth-order valence-electron chi connectivity index (χ4n) is 6.25. The third-order valence-electron chi connectivity index (χ3n) is 7.12. The molecule has 1 amide bonds. The predicted molar refractivity (Wildman–Crippen MR) is 111 cm³/mol. The van der Waals surface area contributed by atoms with Crippen molar-refractivity contribution in [3.8, 4) is 0 Å². The Hall–Kier alpha value is -1.04. The summed E-state index contributed by atoms with van der Waals surface area (Å²) < 4.78 is 6.08. The summed E-state index contributed by atoms with van der Waals surface area (Å²) in [5.41, 5.74) is 0.135. The van der Waals surface area contributed by atoms with Crippen LogP contribution in [-0.4, -0.2) is 27.9 Å². The standard InChI is InChI=1S/C22H35N3O2S/c1-3-4-5-6-7-15(2)23-19(26)14-28-21-25-24-20(27-21)22-11-16-8-17(12-22)10-18(9-16)13-22/h15-18H,3-14H2,1-2H3,(H,23,26)/t15-,16?,17?,18?,22?/m0/s1. The molecule has 1 heterocycles. The van der Waals surface area contributed by atoms with E-state index in [0.717, 1.165) is 30.1 Å². The largest absolute Gasteiger partial charge is 0.415 e. The van der Waals surface area contributed by atoms with Crippen LogP contribution in [0.5, 0.6) is 0 Å². The molecule has 1 N–H and O–H groups in total. The van der Waals surface area contributed by atoms with Gasteiger partial charge in [-0.2, -0.15) is 0 Å². The Balaban J connectivity index is 1.25. The van der Waals surface area contributed by atoms with E-state index in [-0.39, 0.29) is 17.4 Å². The van der Waals surface area contributed by atoms with Crippen molar-refractivity contribution in [2.24, 2.45) is 17.8 Å². The Kier molecular flexibility index (Phi) is 6.34. The van der Waals surface area contributed by atoms with Crippen LogP contribution in [0.4, 0.5) is 0 Å². The maximum Gasteiger partial charge on any atom is 0.277 e. The molecule has 0 saturated heterocycles. The number of aromatic nitrogens is 2. The summed E-state index contributed by atoms with van der Waals surface area (Å²) in [5, 5.41) is 12.3. The summed E-state index contributed by atoms with van der Waals surface area (Å²) in [7, 11) is 0. The first-order valence-electron chi connectivity index (χ1n) is 11.3. The zero-order valence-corrected chi connectivity index (χ0v) is 18.2. The van der Waals surface area contributed by atoms with Gasteiger partial charge in [-0.05, 0) is 69.6 Å². The molecule has 6 heteroatoms. The monoisotopic (exact) mass is 405 g/mol. The van der Waals surface area contributed by atoms with Gasteiger partial charge in [0, 0.05) is 11.5 Å². The van der Waals surface area contributed by atoms with E-state index in [9.17, 15) is 4.79 Å². The quantitative estimate of drug-likeness (QED) is 0.433. The smallest absolute Gasteiger partial charge is 0.277 e. The minimum atomic E-state index is 0.0579. The van der Waals surface area contributed by atoms with Crippen molar-refractivity contribution >= 4 is 17.7 Å². The highest BCUT2D eigenvalue weighted by atomic mass is 32.2. The maximum absolute atomic E-state index is 12.2. The molecule has 5 rings (SSSR count). The first-order valence-corrected chi connectivity index (χ1v) is 12.3. The van der Waals surface area contributed by atoms with Crippen molar-refractivity contribution < 1.29 is 9.21 Å². The summed E-state index contributed by atoms with van der Waals surface area (Å²) in [6.45, 7) is 4.31. The Bertz CT molecular complexity index is 639. The zero-order chi connectivity index (χ0) is 19.6. The van der Waals surface area contributed by atoms with Gasteiger partial charge < -0.3 is 9.73 Å². The molecule has 28 heavy (non-hydrogen) atoms. The number of unbranched alkanes of at least 4 members (excludes halogenated alkanes) is 3. The average molecular weight is 406 g/mol. The number of nitrogens with one attached hydrogen (secondary N) is 1. The van der Waals surface area contributed by atoms with Crippen LogP contribution in [-0.2, 0) is 10.2 Å². The average Bonchev–Trinajstić information content (AvgIpc) is 3.12. The molecule has 1 aromatic heterocycles. The van der Waals surface area contributed by atoms with Crippen LogP contribution in [0.15, 0.2) is 9.64 Å². The van der Waals surface area contributed by atoms with Crippen molar-refractivity contribution in [2.45, 2.75) is 101 Å². The van der Waals surface area contributed by atoms with Gasteiger partial charge in [0.05, 0.1) is 5.75 Å². The second-order valence-electron chi connectivity index (χ2n) is 9.68. The van der Waals surface area contributed by atoms with Gasteiger partial charge in [-0.1, -0.05) is 44.4 Å². The molecule has 5 nitrogen and oxygen atoms in total. The number of thioether (sulfide) groups is 1. The molecule has 4 aliphatic rings. The second-order valence-corrected chi connectivity index (χ2v) is 10.6. The lowest BCUT2D eigenvalue weighted by atomic mass is 9.49. The fourth-order valence-corrected chi connectivity index (χ4v) is 6.82. The van der Waals surface area contributed by atoms with Gasteiger partial charge >= 0.3 is 0 Å². The molecular formula is C22H35N3O2S. The van der Waals surface area contributed by atoms with Crippen LogP contribution in [0.25, 0.3) is 0 Å². The van der Waals surface area contributed by atoms with Crippen molar-refractivity contribution in [1.82, 2.24) is 15.5 Å². The van der Waals surface area contributed by atoms with E-state index in [1.807, 2.05) is 0 Å². The van der Waals surface area contributed by atoms with Crippen molar-refractivity contribution in [1.29, 1.82) is 0 Å². The highest BCUT2D eigenvalue weighted by Gasteiger charge is 2.54. The van der Waals surface area contributed by atoms with E-state index in [1.165, 1.54) is 76.0 Å². The zero-order valence-electron chi connectivity index (χ0n) is 17.4. The summed E-state index contributed by atoms with van der Waals surface area (Å²) in [6.07, 6.45) is 13.9. The van der Waals surface area contributed by atoms with Crippen molar-refractivity contribution in [3.05, 3.63) is 5.89 Å². The van der Waals surface area contributed by atoms with Gasteiger partial charge in [0.2, 0.25) is 11.8 Å². The number of carbonyl (C=O) groups is 1. The number of hydrogen-bond acceptors (Lipinski definition) is 5. The van der Waals surface area contributed by atoms with Gasteiger partial charge in [0.25, 0.3) is 5.22 Å². The molecule has 156 valence electrons. The first kappa shape index (κ1) is 20.2. The van der Waals surface area contributed by atoms with E-state index in [0.29, 0.717) is 11.0 Å². The molecule has 4 fully saturated rings. The van der Waals surface area contributed by atoms with Crippen LogP contribution < -0.4 is 5.32 Å². The van der Waals surface area contributed by atoms with Crippen LogP contribution in [0, 0.1) is 17.8 Å². The second kappa shape index (κ2) is 8.76. The predicted octanol–water partition coefficient (Wildman–Crippen LogP) is 5.10. The normalized spacial score (nSPS) is 31.9. The van der Waals surface area contributed by atoms with Gasteiger partial charge in [0.1, 0.15) is 0 Å². The molecule has 0 radical (unpaired) electrons. The van der Waals surface area contributed by atoms with E-state index in [1.54, 1.807) is 0 Å². The SMILES string of the molecule is CCCCCC[C@H](C)NC(=O)CSc1nnc(C23CC4CC(CC(C4)C2)C3)o1. The van der Waals surface area contributed by atoms with Crippen molar-refractivity contribution in [3.63, 3.8) is 0 Å². The number of carbonyl (C=O) groups excluding carboxylic acids is 1. The highest BCUT2D eigenvalue weighted by molar-refractivity contribution is 7.99. The van der Waals surface area contributed by atoms with E-state index in [2.05, 4.69) is 29.4 Å². The molecule has 0 aromatic carbocycles. The molecular weight excluding hydrogens is 370 g/mol. The lowest BCUT2D eigenvalue weighted by Gasteiger charge is -2.55. The van der Waals surface area contributed by atoms with Crippen LogP contribution >= 0.6 is 11.8 Å². The number of amides is 1. The molecule has 0 aliphatic heterocycles. The molecule has 1 aromatic rings. The van der Waals surface area contributed by atoms with Crippen LogP contribution in [0.2, 0.25) is 0 Å². The summed E-state index contributed by atoms with van der Waals surface area (Å²) in [4.78, 5) is 12.2. The Labute approximate surface area is 173 Å². The van der Waals surface area contributed by atoms with E-state index >= 15 is 0 Å². The molecule has 0 spiro atoms. The maximum atomic E-state index is 12.2. The van der Waals surface area contributed by atoms with Gasteiger partial charge in [-0.3, -0.25) is 4.79 Å². The van der Waals surface area contributed by atoms with Gasteiger partial charge in [-0.25, -0.2) is 0 Å². The van der Waals surface area contributed by atoms with Crippen molar-refractivity contribution in [2.75, 3.05) is 5.75 Å². The number of hydrogen-bond donors (Lipinski definition) is 1. The Morgan fingerprint density at radius 2 is 1.82 bits per heavy atom. The van der Waals surface area contributed by atoms with Gasteiger partial charge in [-0.15, -0.1) is 10.2 Å². The molecule has 4 bridgehead atoms. The summed E-state index contributed by atoms with van der Waals surface area (Å²) in [6, 6.07) is 0.232. The van der Waals surface area contributed by atoms with Gasteiger partial charge in [0.15, 0.2) is 0 Å². The summed E-state index contributed by atoms with van der Waals surface area (Å²) >= 11 is 1.38. The topological polar surface area (TPSA) is 68.0 Å². The summed E-state index contributed by atoms with van der Waals surface area (Å²) in [5.74, 6) is 3.83. The third kappa shape index (κ3) is 4.58.